The van der Waals surface area contributed by atoms with E-state index in [1.54, 1.807) is 4.90 Å². The Hall–Kier alpha value is -3.60. The van der Waals surface area contributed by atoms with Crippen LogP contribution in [0, 0.1) is 18.3 Å². The van der Waals surface area contributed by atoms with Crippen LogP contribution in [0.15, 0.2) is 22.5 Å². The Morgan fingerprint density at radius 2 is 2.00 bits per heavy atom. The normalized spacial score (nSPS) is 32.8. The third kappa shape index (κ3) is 2.65. The quantitative estimate of drug-likeness (QED) is 0.201. The van der Waals surface area contributed by atoms with Crippen LogP contribution in [-0.4, -0.2) is 77.5 Å². The molecule has 5 rings (SSSR count). The standard InChI is InChI=1S/C20H22N6O7/c1-4-5-19(23-24-19)33-18(30)26-10-6-25-13-11(15(28)12(21)8(2)14(13)27)9(7-32-17(22)29)20(25,31-3)16(10)26/h1,9-10,16,23-24H,5-7,21H2,2-3H3,(H2,22,29)/t9-,10+,16+,20-,26?/m1/s1. The van der Waals surface area contributed by atoms with E-state index in [4.69, 9.17) is 32.1 Å². The number of piperazine rings is 1. The largest absolute Gasteiger partial charge is 0.449 e. The molecule has 5 aliphatic rings. The number of allylic oxidation sites excluding steroid dienone is 2. The van der Waals surface area contributed by atoms with Crippen LogP contribution in [-0.2, 0) is 23.8 Å². The predicted molar refractivity (Wildman–Crippen MR) is 108 cm³/mol. The Kier molecular flexibility index (Phi) is 4.32. The number of fused-ring (bicyclic) bond motifs is 4. The van der Waals surface area contributed by atoms with Crippen molar-refractivity contribution in [3.05, 3.63) is 22.5 Å². The number of terminal acetylenes is 1. The van der Waals surface area contributed by atoms with Crippen LogP contribution in [0.1, 0.15) is 13.3 Å². The smallest absolute Gasteiger partial charge is 0.413 e. The van der Waals surface area contributed by atoms with Crippen molar-refractivity contribution in [1.29, 1.82) is 0 Å². The van der Waals surface area contributed by atoms with E-state index >= 15 is 0 Å². The van der Waals surface area contributed by atoms with E-state index in [0.717, 1.165) is 0 Å². The van der Waals surface area contributed by atoms with Gasteiger partial charge in [-0.25, -0.2) is 9.59 Å². The minimum absolute atomic E-state index is 0.0826. The van der Waals surface area contributed by atoms with Gasteiger partial charge < -0.3 is 30.6 Å². The molecule has 0 spiro atoms. The molecule has 4 atom stereocenters. The molecule has 6 N–H and O–H groups in total. The van der Waals surface area contributed by atoms with Crippen LogP contribution in [0.3, 0.4) is 0 Å². The summed E-state index contributed by atoms with van der Waals surface area (Å²) in [5.74, 6) is -0.598. The van der Waals surface area contributed by atoms with E-state index < -0.39 is 47.3 Å². The summed E-state index contributed by atoms with van der Waals surface area (Å²) in [6.07, 6.45) is 3.73. The van der Waals surface area contributed by atoms with Crippen molar-refractivity contribution < 1.29 is 33.4 Å². The summed E-state index contributed by atoms with van der Waals surface area (Å²) >= 11 is 0. The van der Waals surface area contributed by atoms with Crippen LogP contribution >= 0.6 is 0 Å². The lowest BCUT2D eigenvalue weighted by atomic mass is 9.82. The molecule has 13 nitrogen and oxygen atoms in total. The molecule has 174 valence electrons. The third-order valence-electron chi connectivity index (χ3n) is 6.92. The zero-order valence-corrected chi connectivity index (χ0v) is 17.8. The lowest BCUT2D eigenvalue weighted by molar-refractivity contribution is -0.144. The molecule has 0 radical (unpaired) electrons. The van der Waals surface area contributed by atoms with Crippen LogP contribution in [0.25, 0.3) is 0 Å². The van der Waals surface area contributed by atoms with Crippen LogP contribution in [0.4, 0.5) is 9.59 Å². The Bertz CT molecular complexity index is 1120. The number of nitrogens with two attached hydrogens (primary N) is 2. The van der Waals surface area contributed by atoms with E-state index in [-0.39, 0.29) is 48.2 Å². The van der Waals surface area contributed by atoms with Gasteiger partial charge in [0, 0.05) is 24.8 Å². The second-order valence-electron chi connectivity index (χ2n) is 8.45. The van der Waals surface area contributed by atoms with Gasteiger partial charge in [0.15, 0.2) is 5.72 Å². The highest BCUT2D eigenvalue weighted by Crippen LogP contribution is 2.60. The van der Waals surface area contributed by atoms with Gasteiger partial charge in [-0.2, -0.15) is 10.9 Å². The molecule has 0 saturated carbocycles. The lowest BCUT2D eigenvalue weighted by Gasteiger charge is -2.40. The second kappa shape index (κ2) is 6.70. The maximum Gasteiger partial charge on any atom is 0.413 e. The number of ketones is 2. The fourth-order valence-electron chi connectivity index (χ4n) is 5.32. The van der Waals surface area contributed by atoms with Crippen molar-refractivity contribution in [3.8, 4) is 12.3 Å². The molecule has 0 aromatic heterocycles. The van der Waals surface area contributed by atoms with Gasteiger partial charge >= 0.3 is 12.2 Å². The number of methoxy groups -OCH3 is 1. The number of nitrogens with one attached hydrogen (secondary N) is 2. The molecule has 33 heavy (non-hydrogen) atoms. The number of Topliss-reactive ketones (excluding diaryl/α,β-unsaturated/α-hetero) is 2. The van der Waals surface area contributed by atoms with Crippen LogP contribution in [0.2, 0.25) is 0 Å². The Morgan fingerprint density at radius 3 is 2.58 bits per heavy atom. The SMILES string of the molecule is C#CCC1(OC(=O)N2[C@H]3[C@@H]2CN2C4=C(C(=O)C(N)=C(C)C4=O)[C@@H](COC(N)=O)[C@@]32OC)NN1. The lowest BCUT2D eigenvalue weighted by Crippen LogP contribution is -2.56. The van der Waals surface area contributed by atoms with Crippen LogP contribution < -0.4 is 22.3 Å². The molecular formula is C20H22N6O7. The highest BCUT2D eigenvalue weighted by molar-refractivity contribution is 6.25. The van der Waals surface area contributed by atoms with Crippen molar-refractivity contribution in [1.82, 2.24) is 20.7 Å². The van der Waals surface area contributed by atoms with Gasteiger partial charge in [0.1, 0.15) is 12.6 Å². The number of amides is 2. The summed E-state index contributed by atoms with van der Waals surface area (Å²) < 4.78 is 16.5. The van der Waals surface area contributed by atoms with Crippen molar-refractivity contribution in [2.45, 2.75) is 37.0 Å². The van der Waals surface area contributed by atoms with Crippen molar-refractivity contribution in [3.63, 3.8) is 0 Å². The predicted octanol–water partition coefficient (Wildman–Crippen LogP) is -2.02. The summed E-state index contributed by atoms with van der Waals surface area (Å²) in [6.45, 7) is 1.33. The molecular weight excluding hydrogens is 436 g/mol. The Balaban J connectivity index is 1.50. The van der Waals surface area contributed by atoms with E-state index in [9.17, 15) is 19.2 Å². The average molecular weight is 458 g/mol. The molecule has 13 heteroatoms. The summed E-state index contributed by atoms with van der Waals surface area (Å²) in [7, 11) is 1.40. The molecule has 0 unspecified atom stereocenters. The monoisotopic (exact) mass is 458 g/mol. The van der Waals surface area contributed by atoms with E-state index in [1.165, 1.54) is 18.9 Å². The van der Waals surface area contributed by atoms with E-state index in [2.05, 4.69) is 16.8 Å². The number of carbonyl (C=O) groups is 4. The molecule has 0 bridgehead atoms. The number of ether oxygens (including phenoxy) is 3. The second-order valence-corrected chi connectivity index (χ2v) is 8.45. The summed E-state index contributed by atoms with van der Waals surface area (Å²) in [5.41, 5.74) is 15.3. The number of nitrogens with zero attached hydrogens (tertiary/aromatic N) is 2. The topological polar surface area (TPSA) is 198 Å². The highest BCUT2D eigenvalue weighted by Gasteiger charge is 2.78. The molecule has 0 aromatic carbocycles. The molecule has 3 fully saturated rings. The van der Waals surface area contributed by atoms with Gasteiger partial charge in [0.05, 0.1) is 29.8 Å². The zero-order valence-electron chi connectivity index (χ0n) is 17.8. The van der Waals surface area contributed by atoms with Crippen molar-refractivity contribution in [2.75, 3.05) is 20.3 Å². The summed E-state index contributed by atoms with van der Waals surface area (Å²) in [5, 5.41) is 0. The fourth-order valence-corrected chi connectivity index (χ4v) is 5.32. The number of hydrogen-bond acceptors (Lipinski definition) is 11. The molecule has 1 aliphatic carbocycles. The Morgan fingerprint density at radius 1 is 1.30 bits per heavy atom. The number of carbonyl (C=O) groups excluding carboxylic acids is 4. The number of rotatable bonds is 5. The van der Waals surface area contributed by atoms with E-state index in [0.29, 0.717) is 0 Å². The van der Waals surface area contributed by atoms with Gasteiger partial charge in [-0.15, -0.1) is 6.42 Å². The molecule has 2 amide bonds. The fraction of sp³-hybridized carbons (Fsp3) is 0.500. The first kappa shape index (κ1) is 21.3. The summed E-state index contributed by atoms with van der Waals surface area (Å²) in [6, 6.07) is -0.957. The molecule has 3 saturated heterocycles. The highest BCUT2D eigenvalue weighted by atomic mass is 16.6. The molecule has 0 aromatic rings. The molecule has 4 heterocycles. The average Bonchev–Trinajstić information content (AvgIpc) is 3.63. The first-order valence-corrected chi connectivity index (χ1v) is 10.2. The van der Waals surface area contributed by atoms with Gasteiger partial charge in [-0.1, -0.05) is 5.92 Å². The van der Waals surface area contributed by atoms with Crippen molar-refractivity contribution >= 4 is 23.8 Å². The third-order valence-corrected chi connectivity index (χ3v) is 6.92. The first-order valence-electron chi connectivity index (χ1n) is 10.2. The van der Waals surface area contributed by atoms with Gasteiger partial charge in [0.2, 0.25) is 11.6 Å². The number of hydrogen-bond donors (Lipinski definition) is 4. The van der Waals surface area contributed by atoms with Gasteiger partial charge in [-0.3, -0.25) is 14.5 Å². The van der Waals surface area contributed by atoms with Gasteiger partial charge in [0.25, 0.3) is 5.85 Å². The maximum absolute atomic E-state index is 13.1. The number of hydrazine groups is 1. The zero-order chi connectivity index (χ0) is 23.9. The van der Waals surface area contributed by atoms with Gasteiger partial charge in [-0.05, 0) is 6.92 Å². The minimum Gasteiger partial charge on any atom is -0.449 e. The first-order chi connectivity index (χ1) is 15.6. The van der Waals surface area contributed by atoms with Crippen LogP contribution in [0.5, 0.6) is 0 Å². The van der Waals surface area contributed by atoms with Crippen molar-refractivity contribution in [2.24, 2.45) is 17.4 Å². The number of primary amides is 1. The maximum atomic E-state index is 13.1. The Labute approximate surface area is 188 Å². The van der Waals surface area contributed by atoms with E-state index in [1.807, 2.05) is 0 Å². The molecule has 4 aliphatic heterocycles. The summed E-state index contributed by atoms with van der Waals surface area (Å²) in [4.78, 5) is 53.7. The minimum atomic E-state index is -1.36.